The Morgan fingerprint density at radius 2 is 1.09 bits per heavy atom. The summed E-state index contributed by atoms with van der Waals surface area (Å²) < 4.78 is 179. The molecular formula is C48H46Cl2F10N10O6S2. The molecule has 2 aliphatic rings. The van der Waals surface area contributed by atoms with Gasteiger partial charge in [0, 0.05) is 103 Å². The molecule has 0 aliphatic carbocycles. The molecule has 0 amide bonds. The fraction of sp³-hybridized carbons (Fsp3) is 0.375. The van der Waals surface area contributed by atoms with Gasteiger partial charge in [-0.1, -0.05) is 0 Å². The first-order valence-electron chi connectivity index (χ1n) is 23.0. The van der Waals surface area contributed by atoms with Crippen molar-refractivity contribution in [3.05, 3.63) is 132 Å². The highest BCUT2D eigenvalue weighted by Crippen LogP contribution is 2.35. The number of Topliss-reactive ketones (excluding diaryl/α,β-unsaturated/α-hetero) is 2. The van der Waals surface area contributed by atoms with Crippen LogP contribution in [0.1, 0.15) is 73.4 Å². The maximum atomic E-state index is 14.6. The molecule has 8 rings (SSSR count). The highest BCUT2D eigenvalue weighted by Gasteiger charge is 2.50. The zero-order chi connectivity index (χ0) is 56.8. The number of carbonyl (C=O) groups excluding carboxylic acids is 2. The molecule has 0 bridgehead atoms. The van der Waals surface area contributed by atoms with Crippen LogP contribution in [0, 0.1) is 25.5 Å². The van der Waals surface area contributed by atoms with Gasteiger partial charge in [0.25, 0.3) is 19.1 Å². The second-order valence-electron chi connectivity index (χ2n) is 17.6. The van der Waals surface area contributed by atoms with Crippen molar-refractivity contribution in [3.8, 4) is 22.5 Å². The van der Waals surface area contributed by atoms with Crippen molar-refractivity contribution in [2.24, 2.45) is 0 Å². The summed E-state index contributed by atoms with van der Waals surface area (Å²) in [6.07, 6.45) is -2.08. The van der Waals surface area contributed by atoms with Gasteiger partial charge in [0.15, 0.2) is 17.4 Å². The van der Waals surface area contributed by atoms with Crippen LogP contribution < -0.4 is 5.32 Å². The molecule has 16 nitrogen and oxygen atoms in total. The number of carbonyl (C=O) groups is 2. The zero-order valence-electron chi connectivity index (χ0n) is 41.1. The molecular weight excluding hydrogens is 1140 g/mol. The van der Waals surface area contributed by atoms with Crippen LogP contribution in [-0.2, 0) is 53.9 Å². The lowest BCUT2D eigenvalue weighted by molar-refractivity contribution is -0.145. The van der Waals surface area contributed by atoms with Crippen LogP contribution in [0.5, 0.6) is 0 Å². The smallest absolute Gasteiger partial charge is 0.302 e. The predicted molar refractivity (Wildman–Crippen MR) is 263 cm³/mol. The maximum absolute atomic E-state index is 14.6. The Labute approximate surface area is 450 Å². The molecule has 6 atom stereocenters. The number of rotatable bonds is 13. The Morgan fingerprint density at radius 1 is 0.654 bits per heavy atom. The van der Waals surface area contributed by atoms with Crippen molar-refractivity contribution >= 4 is 53.7 Å². The fourth-order valence-electron chi connectivity index (χ4n) is 8.03. The van der Waals surface area contributed by atoms with Gasteiger partial charge in [0.1, 0.15) is 18.1 Å². The molecule has 8 heterocycles. The van der Waals surface area contributed by atoms with Crippen molar-refractivity contribution in [1.82, 2.24) is 49.5 Å². The largest absolute Gasteiger partial charge is 0.451 e. The Morgan fingerprint density at radius 3 is 1.47 bits per heavy atom. The van der Waals surface area contributed by atoms with E-state index in [1.54, 1.807) is 32.2 Å². The Hall–Kier alpha value is -6.20. The van der Waals surface area contributed by atoms with E-state index in [9.17, 15) is 70.3 Å². The molecule has 0 unspecified atom stereocenters. The number of aromatic nitrogens is 8. The molecule has 0 aromatic carbocycles. The second-order valence-corrected chi connectivity index (χ2v) is 21.9. The molecule has 30 heteroatoms. The van der Waals surface area contributed by atoms with Crippen LogP contribution >= 0.6 is 23.1 Å². The maximum Gasteiger partial charge on any atom is 0.451 e. The lowest BCUT2D eigenvalue weighted by Gasteiger charge is -2.26. The van der Waals surface area contributed by atoms with Crippen molar-refractivity contribution in [2.75, 3.05) is 0 Å². The summed E-state index contributed by atoms with van der Waals surface area (Å²) in [5.74, 6) is -5.17. The topological polar surface area (TPSA) is 221 Å². The molecule has 420 valence electrons. The minimum absolute atomic E-state index is 0. The Bertz CT molecular complexity index is 3310. The quantitative estimate of drug-likeness (QED) is 0.0842. The molecule has 6 aromatic rings. The van der Waals surface area contributed by atoms with Gasteiger partial charge in [-0.05, 0) is 99.2 Å². The Balaban J connectivity index is 0.000000245. The minimum atomic E-state index is -4.69. The number of nitrogens with one attached hydrogen (secondary N) is 1. The van der Waals surface area contributed by atoms with Crippen LogP contribution in [0.25, 0.3) is 22.5 Å². The third-order valence-electron chi connectivity index (χ3n) is 12.2. The third-order valence-corrected chi connectivity index (χ3v) is 15.4. The van der Waals surface area contributed by atoms with Gasteiger partial charge in [-0.15, -0.1) is 12.4 Å². The average Bonchev–Trinajstić information content (AvgIpc) is 3.88. The van der Waals surface area contributed by atoms with Gasteiger partial charge in [-0.2, -0.15) is 30.6 Å². The number of hydrogen-bond acceptors (Lipinski definition) is 15. The number of pyridine rings is 4. The SMILES string of the molecule is Cc1cnc(-c2cnc(C(F)(F)F)nc2)cc1CCC(=O)[C@@H]1C[C@@H](F)[C@H](C)N1.Cc1cnc(-c2cnc(C(F)(F)F)nc2)cc1CCC(=O)[C@@H]1C[C@@H](F)[C@H](C)N1S(=O)(=O)c1ncccc1F.Cl.O=S(=O)(Cl)c1ncccc1F. The van der Waals surface area contributed by atoms with E-state index in [0.29, 0.717) is 33.1 Å². The first-order chi connectivity index (χ1) is 36.0. The van der Waals surface area contributed by atoms with Gasteiger partial charge < -0.3 is 5.32 Å². The monoisotopic (exact) mass is 1180 g/mol. The average molecular weight is 1180 g/mol. The van der Waals surface area contributed by atoms with E-state index in [1.165, 1.54) is 25.3 Å². The van der Waals surface area contributed by atoms with Gasteiger partial charge in [-0.3, -0.25) is 19.6 Å². The van der Waals surface area contributed by atoms with Crippen molar-refractivity contribution < 1.29 is 70.3 Å². The minimum Gasteiger partial charge on any atom is -0.302 e. The van der Waals surface area contributed by atoms with Crippen molar-refractivity contribution in [1.29, 1.82) is 0 Å². The summed E-state index contributed by atoms with van der Waals surface area (Å²) in [6, 6.07) is 4.31. The normalized spacial score (nSPS) is 19.7. The molecule has 2 saturated heterocycles. The summed E-state index contributed by atoms with van der Waals surface area (Å²) in [4.78, 5) is 54.1. The fourth-order valence-corrected chi connectivity index (χ4v) is 10.7. The molecule has 2 fully saturated rings. The van der Waals surface area contributed by atoms with Crippen molar-refractivity contribution in [2.45, 2.75) is 125 Å². The lowest BCUT2D eigenvalue weighted by Crippen LogP contribution is -2.45. The van der Waals surface area contributed by atoms with E-state index in [-0.39, 0.29) is 67.6 Å². The molecule has 78 heavy (non-hydrogen) atoms. The molecule has 0 spiro atoms. The molecule has 0 radical (unpaired) electrons. The van der Waals surface area contributed by atoms with Crippen LogP contribution in [0.3, 0.4) is 0 Å². The lowest BCUT2D eigenvalue weighted by atomic mass is 9.99. The summed E-state index contributed by atoms with van der Waals surface area (Å²) in [7, 11) is -3.83. The predicted octanol–water partition coefficient (Wildman–Crippen LogP) is 9.12. The summed E-state index contributed by atoms with van der Waals surface area (Å²) in [5, 5.41) is 1.35. The highest BCUT2D eigenvalue weighted by molar-refractivity contribution is 8.13. The van der Waals surface area contributed by atoms with Crippen LogP contribution in [0.15, 0.2) is 96.0 Å². The van der Waals surface area contributed by atoms with E-state index in [1.807, 2.05) is 6.92 Å². The number of aryl methyl sites for hydroxylation is 4. The van der Waals surface area contributed by atoms with E-state index >= 15 is 0 Å². The third kappa shape index (κ3) is 15.5. The van der Waals surface area contributed by atoms with Gasteiger partial charge in [0.2, 0.25) is 21.7 Å². The van der Waals surface area contributed by atoms with E-state index < -0.39 is 101 Å². The van der Waals surface area contributed by atoms with E-state index in [0.717, 1.165) is 60.4 Å². The molecule has 1 N–H and O–H groups in total. The van der Waals surface area contributed by atoms with Crippen molar-refractivity contribution in [3.63, 3.8) is 0 Å². The molecule has 2 aliphatic heterocycles. The zero-order valence-corrected chi connectivity index (χ0v) is 44.4. The first kappa shape index (κ1) is 62.6. The van der Waals surface area contributed by atoms with E-state index in [2.05, 4.69) is 45.2 Å². The highest BCUT2D eigenvalue weighted by atomic mass is 35.7. The number of sulfonamides is 1. The Kier molecular flexibility index (Phi) is 20.7. The second kappa shape index (κ2) is 25.7. The van der Waals surface area contributed by atoms with Crippen LogP contribution in [0.2, 0.25) is 0 Å². The number of alkyl halides is 8. The molecule has 6 aromatic heterocycles. The number of hydrogen-bond donors (Lipinski definition) is 1. The van der Waals surface area contributed by atoms with Crippen LogP contribution in [0.4, 0.5) is 43.9 Å². The summed E-state index contributed by atoms with van der Waals surface area (Å²) in [5.41, 5.74) is 4.30. The first-order valence-corrected chi connectivity index (χ1v) is 26.7. The standard InChI is InChI=1S/C24H22F5N5O3S.C19H20F4N4O.C5H3ClFNO2S.ClH/c1-13-10-31-19(16-11-32-23(33-12-16)24(27,28)29)8-15(13)5-6-21(35)20-9-18(26)14(2)34(20)38(36,37)22-17(25)4-3-7-30-22;1-10-7-24-15(13-8-25-18(26-9-13)19(21,22)23)5-12(10)3-4-17(28)16-6-14(20)11(2)27-16;6-11(9,10)5-4(7)2-1-3-8-5;/h3-4,7-8,10-12,14,18,20H,5-6,9H2,1-2H3;5,7-9,11,14,16,27H,3-4,6H2,1-2H3;1-3H;1H/t14-,18+,20-;11-,14+,16-;;/m00../s1. The summed E-state index contributed by atoms with van der Waals surface area (Å²) in [6.45, 7) is 6.58. The number of ketones is 2. The summed E-state index contributed by atoms with van der Waals surface area (Å²) >= 11 is 0. The van der Waals surface area contributed by atoms with E-state index in [4.69, 9.17) is 10.7 Å². The molecule has 0 saturated carbocycles. The van der Waals surface area contributed by atoms with Gasteiger partial charge in [0.05, 0.1) is 29.5 Å². The number of halogens is 12. The van der Waals surface area contributed by atoms with Gasteiger partial charge in [-0.25, -0.2) is 64.3 Å². The van der Waals surface area contributed by atoms with Gasteiger partial charge >= 0.3 is 12.4 Å². The van der Waals surface area contributed by atoms with Crippen LogP contribution in [-0.4, -0.2) is 109 Å². The number of nitrogens with zero attached hydrogens (tertiary/aromatic N) is 9.